The summed E-state index contributed by atoms with van der Waals surface area (Å²) in [6, 6.07) is 12.1. The highest BCUT2D eigenvalue weighted by molar-refractivity contribution is 7.92. The van der Waals surface area contributed by atoms with Gasteiger partial charge >= 0.3 is 0 Å². The zero-order chi connectivity index (χ0) is 20.3. The SMILES string of the molecule is CCOc1cccc2sc(NC(=O)Cc3ccc(S(=O)(=O)C(C)C)cc3)nc12. The lowest BCUT2D eigenvalue weighted by molar-refractivity contribution is -0.115. The van der Waals surface area contributed by atoms with Gasteiger partial charge in [-0.1, -0.05) is 29.5 Å². The second-order valence-corrected chi connectivity index (χ2v) is 10.1. The molecule has 3 aromatic rings. The molecule has 0 bridgehead atoms. The number of hydrogen-bond donors (Lipinski definition) is 1. The third-order valence-electron chi connectivity index (χ3n) is 4.17. The van der Waals surface area contributed by atoms with Gasteiger partial charge in [0, 0.05) is 0 Å². The summed E-state index contributed by atoms with van der Waals surface area (Å²) >= 11 is 1.38. The maximum Gasteiger partial charge on any atom is 0.230 e. The van der Waals surface area contributed by atoms with E-state index in [1.807, 2.05) is 25.1 Å². The van der Waals surface area contributed by atoms with Gasteiger partial charge in [0.1, 0.15) is 11.3 Å². The van der Waals surface area contributed by atoms with E-state index in [1.54, 1.807) is 38.1 Å². The predicted octanol–water partition coefficient (Wildman–Crippen LogP) is 4.06. The Kier molecular flexibility index (Phi) is 6.00. The molecule has 6 nitrogen and oxygen atoms in total. The molecule has 2 aromatic carbocycles. The van der Waals surface area contributed by atoms with Crippen molar-refractivity contribution in [3.8, 4) is 5.75 Å². The number of benzene rings is 2. The molecule has 0 radical (unpaired) electrons. The molecule has 8 heteroatoms. The van der Waals surface area contributed by atoms with Crippen LogP contribution < -0.4 is 10.1 Å². The zero-order valence-corrected chi connectivity index (χ0v) is 17.6. The van der Waals surface area contributed by atoms with Gasteiger partial charge in [0.05, 0.1) is 27.9 Å². The lowest BCUT2D eigenvalue weighted by atomic mass is 10.1. The van der Waals surface area contributed by atoms with Gasteiger partial charge < -0.3 is 10.1 Å². The monoisotopic (exact) mass is 418 g/mol. The Labute approximate surface area is 168 Å². The molecule has 1 amide bonds. The molecule has 0 aliphatic heterocycles. The first-order chi connectivity index (χ1) is 13.3. The molecular formula is C20H22N2O4S2. The number of hydrogen-bond acceptors (Lipinski definition) is 6. The normalized spacial score (nSPS) is 11.7. The highest BCUT2D eigenvalue weighted by atomic mass is 32.2. The maximum absolute atomic E-state index is 12.4. The van der Waals surface area contributed by atoms with Crippen LogP contribution in [0, 0.1) is 0 Å². The summed E-state index contributed by atoms with van der Waals surface area (Å²) < 4.78 is 30.8. The average molecular weight is 419 g/mol. The van der Waals surface area contributed by atoms with Crippen LogP contribution in [0.5, 0.6) is 5.75 Å². The summed E-state index contributed by atoms with van der Waals surface area (Å²) in [6.45, 7) is 5.74. The first kappa shape index (κ1) is 20.3. The van der Waals surface area contributed by atoms with Crippen LogP contribution in [0.4, 0.5) is 5.13 Å². The van der Waals surface area contributed by atoms with Crippen molar-refractivity contribution >= 4 is 42.4 Å². The molecule has 0 atom stereocenters. The lowest BCUT2D eigenvalue weighted by Gasteiger charge is -2.08. The van der Waals surface area contributed by atoms with Crippen molar-refractivity contribution < 1.29 is 17.9 Å². The number of para-hydroxylation sites is 1. The molecule has 0 saturated carbocycles. The fourth-order valence-corrected chi connectivity index (χ4v) is 4.63. The summed E-state index contributed by atoms with van der Waals surface area (Å²) in [7, 11) is -3.32. The Bertz CT molecular complexity index is 1090. The molecule has 0 spiro atoms. The number of anilines is 1. The molecule has 0 aliphatic rings. The number of ether oxygens (including phenoxy) is 1. The number of carbonyl (C=O) groups is 1. The van der Waals surface area contributed by atoms with Crippen LogP contribution in [0.2, 0.25) is 0 Å². The smallest absolute Gasteiger partial charge is 0.230 e. The van der Waals surface area contributed by atoms with Gasteiger partial charge in [0.2, 0.25) is 5.91 Å². The van der Waals surface area contributed by atoms with Crippen molar-refractivity contribution in [2.75, 3.05) is 11.9 Å². The van der Waals surface area contributed by atoms with Crippen molar-refractivity contribution in [2.24, 2.45) is 0 Å². The summed E-state index contributed by atoms with van der Waals surface area (Å²) in [5.41, 5.74) is 1.46. The van der Waals surface area contributed by atoms with E-state index in [1.165, 1.54) is 11.3 Å². The Morgan fingerprint density at radius 3 is 2.54 bits per heavy atom. The molecule has 0 saturated heterocycles. The number of amides is 1. The van der Waals surface area contributed by atoms with Crippen molar-refractivity contribution in [1.82, 2.24) is 4.98 Å². The minimum atomic E-state index is -3.32. The van der Waals surface area contributed by atoms with Crippen molar-refractivity contribution in [3.63, 3.8) is 0 Å². The second-order valence-electron chi connectivity index (χ2n) is 6.52. The van der Waals surface area contributed by atoms with Crippen LogP contribution in [0.1, 0.15) is 26.3 Å². The number of rotatable bonds is 7. The third kappa shape index (κ3) is 4.34. The van der Waals surface area contributed by atoms with Crippen molar-refractivity contribution in [1.29, 1.82) is 0 Å². The Hall–Kier alpha value is -2.45. The van der Waals surface area contributed by atoms with Crippen LogP contribution in [0.15, 0.2) is 47.4 Å². The van der Waals surface area contributed by atoms with Gasteiger partial charge in [0.25, 0.3) is 0 Å². The first-order valence-corrected chi connectivity index (χ1v) is 11.3. The topological polar surface area (TPSA) is 85.4 Å². The molecule has 148 valence electrons. The average Bonchev–Trinajstić information content (AvgIpc) is 3.05. The van der Waals surface area contributed by atoms with Crippen LogP contribution in [-0.2, 0) is 21.1 Å². The number of aromatic nitrogens is 1. The van der Waals surface area contributed by atoms with Crippen molar-refractivity contribution in [2.45, 2.75) is 37.3 Å². The van der Waals surface area contributed by atoms with Crippen molar-refractivity contribution in [3.05, 3.63) is 48.0 Å². The van der Waals surface area contributed by atoms with Gasteiger partial charge in [-0.25, -0.2) is 13.4 Å². The summed E-state index contributed by atoms with van der Waals surface area (Å²) in [5, 5.41) is 2.83. The molecule has 3 rings (SSSR count). The Morgan fingerprint density at radius 2 is 1.89 bits per heavy atom. The Morgan fingerprint density at radius 1 is 1.18 bits per heavy atom. The van der Waals surface area contributed by atoms with E-state index in [0.29, 0.717) is 17.5 Å². The molecular weight excluding hydrogens is 396 g/mol. The molecule has 1 aromatic heterocycles. The molecule has 28 heavy (non-hydrogen) atoms. The van der Waals surface area contributed by atoms with E-state index in [-0.39, 0.29) is 17.2 Å². The van der Waals surface area contributed by atoms with E-state index < -0.39 is 15.1 Å². The molecule has 0 fully saturated rings. The van der Waals surface area contributed by atoms with Gasteiger partial charge in [-0.3, -0.25) is 4.79 Å². The van der Waals surface area contributed by atoms with E-state index in [9.17, 15) is 13.2 Å². The van der Waals surface area contributed by atoms with E-state index in [4.69, 9.17) is 4.74 Å². The van der Waals surface area contributed by atoms with E-state index >= 15 is 0 Å². The highest BCUT2D eigenvalue weighted by Gasteiger charge is 2.19. The van der Waals surface area contributed by atoms with Crippen LogP contribution in [-0.4, -0.2) is 31.2 Å². The van der Waals surface area contributed by atoms with Crippen LogP contribution in [0.3, 0.4) is 0 Å². The molecule has 0 aliphatic carbocycles. The maximum atomic E-state index is 12.4. The largest absolute Gasteiger partial charge is 0.492 e. The van der Waals surface area contributed by atoms with Crippen LogP contribution >= 0.6 is 11.3 Å². The number of nitrogens with one attached hydrogen (secondary N) is 1. The van der Waals surface area contributed by atoms with E-state index in [2.05, 4.69) is 10.3 Å². The minimum absolute atomic E-state index is 0.135. The highest BCUT2D eigenvalue weighted by Crippen LogP contribution is 2.32. The van der Waals surface area contributed by atoms with Gasteiger partial charge in [0.15, 0.2) is 15.0 Å². The molecule has 1 N–H and O–H groups in total. The quantitative estimate of drug-likeness (QED) is 0.625. The lowest BCUT2D eigenvalue weighted by Crippen LogP contribution is -2.15. The standard InChI is InChI=1S/C20H22N2O4S2/c1-4-26-16-6-5-7-17-19(16)22-20(27-17)21-18(23)12-14-8-10-15(11-9-14)28(24,25)13(2)3/h5-11,13H,4,12H2,1-3H3,(H,21,22,23). The zero-order valence-electron chi connectivity index (χ0n) is 15.9. The third-order valence-corrected chi connectivity index (χ3v) is 7.27. The number of carbonyl (C=O) groups excluding carboxylic acids is 1. The van der Waals surface area contributed by atoms with Gasteiger partial charge in [-0.2, -0.15) is 0 Å². The molecule has 0 unspecified atom stereocenters. The first-order valence-electron chi connectivity index (χ1n) is 8.96. The fraction of sp³-hybridized carbons (Fsp3) is 0.300. The van der Waals surface area contributed by atoms with E-state index in [0.717, 1.165) is 15.8 Å². The second kappa shape index (κ2) is 8.28. The number of thiazole rings is 1. The minimum Gasteiger partial charge on any atom is -0.492 e. The number of nitrogens with zero attached hydrogens (tertiary/aromatic N) is 1. The van der Waals surface area contributed by atoms with Crippen LogP contribution in [0.25, 0.3) is 10.2 Å². The van der Waals surface area contributed by atoms with Gasteiger partial charge in [-0.15, -0.1) is 0 Å². The summed E-state index contributed by atoms with van der Waals surface area (Å²) in [4.78, 5) is 17.1. The Balaban J connectivity index is 1.71. The fourth-order valence-electron chi connectivity index (χ4n) is 2.67. The summed E-state index contributed by atoms with van der Waals surface area (Å²) in [5.74, 6) is 0.482. The number of fused-ring (bicyclic) bond motifs is 1. The summed E-state index contributed by atoms with van der Waals surface area (Å²) in [6.07, 6.45) is 0.135. The predicted molar refractivity (Wildman–Crippen MR) is 112 cm³/mol. The molecule has 1 heterocycles. The van der Waals surface area contributed by atoms with Gasteiger partial charge in [-0.05, 0) is 50.6 Å². The number of sulfone groups is 1.